The summed E-state index contributed by atoms with van der Waals surface area (Å²) in [5.74, 6) is -0.563. The standard InChI is InChI=1S/C17H12F6N4O2/c1-9-7-13(28-14-8-12(16(18,19)20)26-27(14)2)25-15(24-9)10-3-5-11(6-4-10)29-17(21,22)23/h3-8H,1-2H3. The molecule has 12 heteroatoms. The summed E-state index contributed by atoms with van der Waals surface area (Å²) in [6.45, 7) is 1.60. The van der Waals surface area contributed by atoms with Crippen LogP contribution in [-0.2, 0) is 13.2 Å². The lowest BCUT2D eigenvalue weighted by Gasteiger charge is -2.10. The SMILES string of the molecule is Cc1cc(Oc2cc(C(F)(F)F)nn2C)nc(-c2ccc(OC(F)(F)F)cc2)n1. The highest BCUT2D eigenvalue weighted by molar-refractivity contribution is 5.57. The van der Waals surface area contributed by atoms with Crippen LogP contribution >= 0.6 is 0 Å². The second-order valence-electron chi connectivity index (χ2n) is 5.83. The maximum atomic E-state index is 12.8. The number of halogens is 6. The Labute approximate surface area is 159 Å². The van der Waals surface area contributed by atoms with Gasteiger partial charge in [-0.05, 0) is 31.2 Å². The first-order valence-electron chi connectivity index (χ1n) is 7.92. The average Bonchev–Trinajstić information content (AvgIpc) is 2.94. The van der Waals surface area contributed by atoms with Gasteiger partial charge in [0.2, 0.25) is 11.8 Å². The van der Waals surface area contributed by atoms with Crippen molar-refractivity contribution in [3.63, 3.8) is 0 Å². The van der Waals surface area contributed by atoms with E-state index in [2.05, 4.69) is 19.8 Å². The van der Waals surface area contributed by atoms with Gasteiger partial charge < -0.3 is 9.47 Å². The van der Waals surface area contributed by atoms with Crippen LogP contribution < -0.4 is 9.47 Å². The summed E-state index contributed by atoms with van der Waals surface area (Å²) < 4.78 is 85.1. The second-order valence-corrected chi connectivity index (χ2v) is 5.83. The predicted octanol–water partition coefficient (Wildman–Crippen LogP) is 4.90. The number of benzene rings is 1. The average molecular weight is 418 g/mol. The van der Waals surface area contributed by atoms with E-state index in [4.69, 9.17) is 4.74 Å². The van der Waals surface area contributed by atoms with Crippen molar-refractivity contribution >= 4 is 0 Å². The smallest absolute Gasteiger partial charge is 0.421 e. The molecule has 0 aliphatic heterocycles. The van der Waals surface area contributed by atoms with Crippen molar-refractivity contribution in [2.24, 2.45) is 7.05 Å². The van der Waals surface area contributed by atoms with Crippen LogP contribution in [0.1, 0.15) is 11.4 Å². The molecule has 6 nitrogen and oxygen atoms in total. The Morgan fingerprint density at radius 1 is 0.931 bits per heavy atom. The number of hydrogen-bond donors (Lipinski definition) is 0. The molecule has 0 saturated heterocycles. The summed E-state index contributed by atoms with van der Waals surface area (Å²) in [4.78, 5) is 8.26. The van der Waals surface area contributed by atoms with Crippen molar-refractivity contribution in [3.8, 4) is 28.9 Å². The molecule has 0 radical (unpaired) electrons. The molecule has 29 heavy (non-hydrogen) atoms. The quantitative estimate of drug-likeness (QED) is 0.565. The van der Waals surface area contributed by atoms with E-state index < -0.39 is 24.0 Å². The van der Waals surface area contributed by atoms with Crippen LogP contribution in [0.5, 0.6) is 17.5 Å². The number of ether oxygens (including phenoxy) is 2. The van der Waals surface area contributed by atoms with Gasteiger partial charge >= 0.3 is 12.5 Å². The van der Waals surface area contributed by atoms with E-state index in [1.165, 1.54) is 25.2 Å². The van der Waals surface area contributed by atoms with Gasteiger partial charge in [0.1, 0.15) is 5.75 Å². The first-order chi connectivity index (χ1) is 13.4. The van der Waals surface area contributed by atoms with Gasteiger partial charge in [-0.3, -0.25) is 0 Å². The lowest BCUT2D eigenvalue weighted by Crippen LogP contribution is -2.16. The van der Waals surface area contributed by atoms with Crippen LogP contribution in [-0.4, -0.2) is 26.1 Å². The highest BCUT2D eigenvalue weighted by atomic mass is 19.4. The van der Waals surface area contributed by atoms with Crippen molar-refractivity contribution in [2.45, 2.75) is 19.5 Å². The molecule has 0 spiro atoms. The molecule has 0 aliphatic carbocycles. The molecule has 3 aromatic rings. The molecule has 3 rings (SSSR count). The first-order valence-corrected chi connectivity index (χ1v) is 7.92. The molecule has 0 aliphatic rings. The van der Waals surface area contributed by atoms with Crippen LogP contribution in [0.3, 0.4) is 0 Å². The van der Waals surface area contributed by atoms with Crippen LogP contribution in [0.2, 0.25) is 0 Å². The van der Waals surface area contributed by atoms with Crippen LogP contribution in [0.25, 0.3) is 11.4 Å². The Hall–Kier alpha value is -3.31. The number of hydrogen-bond acceptors (Lipinski definition) is 5. The van der Waals surface area contributed by atoms with Crippen molar-refractivity contribution in [1.82, 2.24) is 19.7 Å². The van der Waals surface area contributed by atoms with Crippen molar-refractivity contribution in [3.05, 3.63) is 47.8 Å². The Morgan fingerprint density at radius 3 is 2.14 bits per heavy atom. The van der Waals surface area contributed by atoms with Crippen LogP contribution in [0, 0.1) is 6.92 Å². The van der Waals surface area contributed by atoms with Crippen molar-refractivity contribution in [2.75, 3.05) is 0 Å². The number of rotatable bonds is 4. The highest BCUT2D eigenvalue weighted by Crippen LogP contribution is 2.32. The van der Waals surface area contributed by atoms with Gasteiger partial charge in [0.05, 0.1) is 0 Å². The molecular weight excluding hydrogens is 406 g/mol. The largest absolute Gasteiger partial charge is 0.573 e. The summed E-state index contributed by atoms with van der Waals surface area (Å²) in [5.41, 5.74) is -0.339. The van der Waals surface area contributed by atoms with E-state index in [9.17, 15) is 26.3 Å². The molecule has 0 atom stereocenters. The third-order valence-electron chi connectivity index (χ3n) is 3.51. The number of nitrogens with zero attached hydrogens (tertiary/aromatic N) is 4. The topological polar surface area (TPSA) is 62.1 Å². The fraction of sp³-hybridized carbons (Fsp3) is 0.235. The van der Waals surface area contributed by atoms with Gasteiger partial charge in [-0.2, -0.15) is 23.3 Å². The lowest BCUT2D eigenvalue weighted by atomic mass is 10.2. The van der Waals surface area contributed by atoms with E-state index in [0.717, 1.165) is 22.9 Å². The normalized spacial score (nSPS) is 12.1. The van der Waals surface area contributed by atoms with Crippen LogP contribution in [0.15, 0.2) is 36.4 Å². The van der Waals surface area contributed by atoms with Gasteiger partial charge in [0.25, 0.3) is 0 Å². The van der Waals surface area contributed by atoms with Gasteiger partial charge in [0.15, 0.2) is 11.5 Å². The number of aryl methyl sites for hydroxylation is 2. The molecule has 154 valence electrons. The molecule has 2 heterocycles. The minimum atomic E-state index is -4.82. The summed E-state index contributed by atoms with van der Waals surface area (Å²) in [5, 5.41) is 3.34. The third kappa shape index (κ3) is 5.15. The van der Waals surface area contributed by atoms with E-state index in [1.807, 2.05) is 0 Å². The Kier molecular flexibility index (Phi) is 5.11. The Balaban J connectivity index is 1.86. The molecule has 0 saturated carbocycles. The fourth-order valence-electron chi connectivity index (χ4n) is 2.32. The fourth-order valence-corrected chi connectivity index (χ4v) is 2.32. The Morgan fingerprint density at radius 2 is 1.59 bits per heavy atom. The molecule has 0 amide bonds. The second kappa shape index (κ2) is 7.26. The molecule has 0 unspecified atom stereocenters. The van der Waals surface area contributed by atoms with Gasteiger partial charge in [-0.1, -0.05) is 0 Å². The van der Waals surface area contributed by atoms with Gasteiger partial charge in [-0.15, -0.1) is 13.2 Å². The summed E-state index contributed by atoms with van der Waals surface area (Å²) >= 11 is 0. The zero-order valence-corrected chi connectivity index (χ0v) is 14.8. The zero-order chi connectivity index (χ0) is 21.4. The third-order valence-corrected chi connectivity index (χ3v) is 3.51. The minimum Gasteiger partial charge on any atom is -0.421 e. The van der Waals surface area contributed by atoms with Crippen molar-refractivity contribution < 1.29 is 35.8 Å². The minimum absolute atomic E-state index is 0.0557. The molecule has 2 aromatic heterocycles. The van der Waals surface area contributed by atoms with E-state index in [0.29, 0.717) is 11.3 Å². The van der Waals surface area contributed by atoms with Crippen LogP contribution in [0.4, 0.5) is 26.3 Å². The molecule has 1 aromatic carbocycles. The zero-order valence-electron chi connectivity index (χ0n) is 14.8. The Bertz CT molecular complexity index is 1010. The molecule has 0 bridgehead atoms. The maximum Gasteiger partial charge on any atom is 0.573 e. The molecule has 0 N–H and O–H groups in total. The number of aromatic nitrogens is 4. The molecular formula is C17H12F6N4O2. The summed E-state index contributed by atoms with van der Waals surface area (Å²) in [6, 6.07) is 6.92. The maximum absolute atomic E-state index is 12.8. The van der Waals surface area contributed by atoms with E-state index in [1.54, 1.807) is 6.92 Å². The number of alkyl halides is 6. The predicted molar refractivity (Wildman–Crippen MR) is 87.2 cm³/mol. The monoisotopic (exact) mass is 418 g/mol. The summed E-state index contributed by atoms with van der Waals surface area (Å²) in [6.07, 6.45) is -9.45. The first kappa shape index (κ1) is 20.4. The lowest BCUT2D eigenvalue weighted by molar-refractivity contribution is -0.274. The van der Waals surface area contributed by atoms with Gasteiger partial charge in [0, 0.05) is 30.4 Å². The summed E-state index contributed by atoms with van der Waals surface area (Å²) in [7, 11) is 1.28. The van der Waals surface area contributed by atoms with E-state index >= 15 is 0 Å². The molecule has 0 fully saturated rings. The highest BCUT2D eigenvalue weighted by Gasteiger charge is 2.35. The van der Waals surface area contributed by atoms with E-state index in [-0.39, 0.29) is 17.6 Å². The van der Waals surface area contributed by atoms with Gasteiger partial charge in [-0.25, -0.2) is 9.67 Å². The van der Waals surface area contributed by atoms with Crippen molar-refractivity contribution in [1.29, 1.82) is 0 Å².